The summed E-state index contributed by atoms with van der Waals surface area (Å²) in [5.41, 5.74) is 1.16. The minimum Gasteiger partial charge on any atom is -0.394 e. The fourth-order valence-electron chi connectivity index (χ4n) is 2.22. The van der Waals surface area contributed by atoms with Gasteiger partial charge in [-0.05, 0) is 26.7 Å². The minimum absolute atomic E-state index is 0.0229. The molecule has 5 heteroatoms. The summed E-state index contributed by atoms with van der Waals surface area (Å²) >= 11 is 0. The highest BCUT2D eigenvalue weighted by Crippen LogP contribution is 2.22. The molecule has 88 valence electrons. The van der Waals surface area contributed by atoms with Crippen LogP contribution in [-0.2, 0) is 0 Å². The Morgan fingerprint density at radius 2 is 2.38 bits per heavy atom. The van der Waals surface area contributed by atoms with E-state index in [2.05, 4.69) is 5.16 Å². The van der Waals surface area contributed by atoms with Gasteiger partial charge in [0.25, 0.3) is 5.91 Å². The zero-order valence-electron chi connectivity index (χ0n) is 9.56. The highest BCUT2D eigenvalue weighted by Gasteiger charge is 2.31. The Kier molecular flexibility index (Phi) is 2.96. The van der Waals surface area contributed by atoms with Gasteiger partial charge in [-0.3, -0.25) is 4.79 Å². The number of carbonyl (C=O) groups is 1. The topological polar surface area (TPSA) is 66.6 Å². The van der Waals surface area contributed by atoms with Crippen molar-refractivity contribution in [2.75, 3.05) is 13.2 Å². The van der Waals surface area contributed by atoms with E-state index in [-0.39, 0.29) is 18.6 Å². The van der Waals surface area contributed by atoms with E-state index in [0.29, 0.717) is 23.6 Å². The van der Waals surface area contributed by atoms with Gasteiger partial charge >= 0.3 is 0 Å². The van der Waals surface area contributed by atoms with Gasteiger partial charge in [0.2, 0.25) is 0 Å². The Morgan fingerprint density at radius 1 is 1.62 bits per heavy atom. The third-order valence-corrected chi connectivity index (χ3v) is 3.10. The number of hydrogen-bond acceptors (Lipinski definition) is 4. The lowest BCUT2D eigenvalue weighted by Crippen LogP contribution is -2.38. The number of likely N-dealkylation sites (tertiary alicyclic amines) is 1. The molecule has 1 aliphatic rings. The van der Waals surface area contributed by atoms with Crippen LogP contribution in [0.1, 0.15) is 34.7 Å². The van der Waals surface area contributed by atoms with Crippen LogP contribution < -0.4 is 0 Å². The summed E-state index contributed by atoms with van der Waals surface area (Å²) in [6, 6.07) is -0.0544. The van der Waals surface area contributed by atoms with Crippen LogP contribution in [-0.4, -0.2) is 40.3 Å². The van der Waals surface area contributed by atoms with Gasteiger partial charge in [-0.1, -0.05) is 5.16 Å². The zero-order valence-corrected chi connectivity index (χ0v) is 9.56. The molecule has 0 unspecified atom stereocenters. The lowest BCUT2D eigenvalue weighted by Gasteiger charge is -2.22. The molecule has 1 saturated heterocycles. The molecule has 0 aromatic carbocycles. The van der Waals surface area contributed by atoms with Gasteiger partial charge in [0.1, 0.15) is 11.3 Å². The zero-order chi connectivity index (χ0) is 11.7. The van der Waals surface area contributed by atoms with E-state index >= 15 is 0 Å². The van der Waals surface area contributed by atoms with Gasteiger partial charge < -0.3 is 14.5 Å². The van der Waals surface area contributed by atoms with E-state index in [0.717, 1.165) is 12.8 Å². The van der Waals surface area contributed by atoms with Gasteiger partial charge in [-0.15, -0.1) is 0 Å². The molecule has 1 aromatic heterocycles. The lowest BCUT2D eigenvalue weighted by molar-refractivity contribution is 0.0675. The van der Waals surface area contributed by atoms with Crippen LogP contribution in [0.15, 0.2) is 4.52 Å². The third-order valence-electron chi connectivity index (χ3n) is 3.10. The van der Waals surface area contributed by atoms with E-state index in [1.807, 2.05) is 0 Å². The van der Waals surface area contributed by atoms with Crippen molar-refractivity contribution in [2.24, 2.45) is 0 Å². The Labute approximate surface area is 94.0 Å². The maximum absolute atomic E-state index is 12.2. The number of carbonyl (C=O) groups excluding carboxylic acids is 1. The Balaban J connectivity index is 2.25. The summed E-state index contributed by atoms with van der Waals surface area (Å²) in [6.07, 6.45) is 1.81. The molecular weight excluding hydrogens is 208 g/mol. The number of nitrogens with zero attached hydrogens (tertiary/aromatic N) is 2. The largest absolute Gasteiger partial charge is 0.394 e. The molecule has 1 fully saturated rings. The number of aliphatic hydroxyl groups is 1. The van der Waals surface area contributed by atoms with Crippen LogP contribution in [0.4, 0.5) is 0 Å². The first-order chi connectivity index (χ1) is 7.65. The molecule has 2 heterocycles. The van der Waals surface area contributed by atoms with E-state index in [1.165, 1.54) is 0 Å². The molecule has 1 N–H and O–H groups in total. The smallest absolute Gasteiger partial charge is 0.259 e. The second-order valence-electron chi connectivity index (χ2n) is 4.18. The van der Waals surface area contributed by atoms with Crippen molar-refractivity contribution >= 4 is 5.91 Å². The molecule has 0 saturated carbocycles. The standard InChI is InChI=1S/C11H16N2O3/c1-7-10(8(2)16-12-7)11(15)13-5-3-4-9(13)6-14/h9,14H,3-6H2,1-2H3/t9-/m1/s1. The van der Waals surface area contributed by atoms with Gasteiger partial charge in [0, 0.05) is 6.54 Å². The van der Waals surface area contributed by atoms with Crippen molar-refractivity contribution < 1.29 is 14.4 Å². The number of aromatic nitrogens is 1. The molecule has 1 aliphatic heterocycles. The molecule has 0 spiro atoms. The fraction of sp³-hybridized carbons (Fsp3) is 0.636. The summed E-state index contributed by atoms with van der Waals surface area (Å²) in [6.45, 7) is 4.22. The number of hydrogen-bond donors (Lipinski definition) is 1. The summed E-state index contributed by atoms with van der Waals surface area (Å²) in [4.78, 5) is 13.9. The number of aryl methyl sites for hydroxylation is 2. The molecule has 0 aliphatic carbocycles. The van der Waals surface area contributed by atoms with Crippen molar-refractivity contribution in [1.29, 1.82) is 0 Å². The van der Waals surface area contributed by atoms with Crippen LogP contribution in [0.3, 0.4) is 0 Å². The monoisotopic (exact) mass is 224 g/mol. The van der Waals surface area contributed by atoms with E-state index < -0.39 is 0 Å². The Morgan fingerprint density at radius 3 is 2.94 bits per heavy atom. The summed E-state index contributed by atoms with van der Waals surface area (Å²) in [5.74, 6) is 0.471. The predicted octanol–water partition coefficient (Wildman–Crippen LogP) is 0.888. The molecule has 16 heavy (non-hydrogen) atoms. The molecule has 2 rings (SSSR count). The second-order valence-corrected chi connectivity index (χ2v) is 4.18. The first-order valence-corrected chi connectivity index (χ1v) is 5.50. The Bertz CT molecular complexity index is 380. The third kappa shape index (κ3) is 1.71. The molecule has 0 radical (unpaired) electrons. The highest BCUT2D eigenvalue weighted by atomic mass is 16.5. The van der Waals surface area contributed by atoms with Gasteiger partial charge in [-0.25, -0.2) is 0 Å². The average Bonchev–Trinajstić information content (AvgIpc) is 2.85. The maximum atomic E-state index is 12.2. The SMILES string of the molecule is Cc1noc(C)c1C(=O)N1CCC[C@@H]1CO. The molecule has 1 amide bonds. The predicted molar refractivity (Wildman–Crippen MR) is 57.1 cm³/mol. The van der Waals surface area contributed by atoms with Crippen molar-refractivity contribution in [3.8, 4) is 0 Å². The molecule has 1 atom stereocenters. The van der Waals surface area contributed by atoms with Crippen LogP contribution in [0.25, 0.3) is 0 Å². The second kappa shape index (κ2) is 4.25. The quantitative estimate of drug-likeness (QED) is 0.810. The maximum Gasteiger partial charge on any atom is 0.259 e. The van der Waals surface area contributed by atoms with Crippen molar-refractivity contribution in [1.82, 2.24) is 10.1 Å². The van der Waals surface area contributed by atoms with Crippen LogP contribution in [0.5, 0.6) is 0 Å². The van der Waals surface area contributed by atoms with Crippen molar-refractivity contribution in [3.63, 3.8) is 0 Å². The van der Waals surface area contributed by atoms with Crippen molar-refractivity contribution in [3.05, 3.63) is 17.0 Å². The number of aliphatic hydroxyl groups excluding tert-OH is 1. The molecule has 1 aromatic rings. The number of rotatable bonds is 2. The minimum atomic E-state index is -0.0761. The molecule has 0 bridgehead atoms. The average molecular weight is 224 g/mol. The summed E-state index contributed by atoms with van der Waals surface area (Å²) in [5, 5.41) is 13.0. The van der Waals surface area contributed by atoms with E-state index in [9.17, 15) is 9.90 Å². The lowest BCUT2D eigenvalue weighted by atomic mass is 10.1. The Hall–Kier alpha value is -1.36. The van der Waals surface area contributed by atoms with E-state index in [4.69, 9.17) is 4.52 Å². The fourth-order valence-corrected chi connectivity index (χ4v) is 2.22. The van der Waals surface area contributed by atoms with Crippen LogP contribution in [0.2, 0.25) is 0 Å². The van der Waals surface area contributed by atoms with Gasteiger partial charge in [-0.2, -0.15) is 0 Å². The first-order valence-electron chi connectivity index (χ1n) is 5.50. The normalized spacial score (nSPS) is 20.4. The van der Waals surface area contributed by atoms with Crippen LogP contribution in [0, 0.1) is 13.8 Å². The summed E-state index contributed by atoms with van der Waals surface area (Å²) in [7, 11) is 0. The van der Waals surface area contributed by atoms with Crippen molar-refractivity contribution in [2.45, 2.75) is 32.7 Å². The first kappa shape index (κ1) is 11.1. The molecular formula is C11H16N2O3. The summed E-state index contributed by atoms with van der Waals surface area (Å²) < 4.78 is 4.98. The number of amides is 1. The highest BCUT2D eigenvalue weighted by molar-refractivity contribution is 5.96. The molecule has 5 nitrogen and oxygen atoms in total. The van der Waals surface area contributed by atoms with Gasteiger partial charge in [0.05, 0.1) is 18.3 Å². The van der Waals surface area contributed by atoms with Gasteiger partial charge in [0.15, 0.2) is 0 Å². The van der Waals surface area contributed by atoms with E-state index in [1.54, 1.807) is 18.7 Å². The van der Waals surface area contributed by atoms with Crippen LogP contribution >= 0.6 is 0 Å².